The van der Waals surface area contributed by atoms with E-state index in [9.17, 15) is 10.1 Å². The molecule has 0 saturated carbocycles. The van der Waals surface area contributed by atoms with Crippen LogP contribution < -0.4 is 4.74 Å². The molecule has 2 N–H and O–H groups in total. The van der Waals surface area contributed by atoms with Gasteiger partial charge in [-0.1, -0.05) is 5.16 Å². The first-order valence-electron chi connectivity index (χ1n) is 9.86. The molecule has 0 radical (unpaired) electrons. The molecule has 8 nitrogen and oxygen atoms in total. The zero-order valence-electron chi connectivity index (χ0n) is 16.7. The van der Waals surface area contributed by atoms with E-state index >= 15 is 0 Å². The predicted molar refractivity (Wildman–Crippen MR) is 112 cm³/mol. The third-order valence-corrected chi connectivity index (χ3v) is 5.76. The monoisotopic (exact) mass is 414 g/mol. The molecule has 0 saturated heterocycles. The summed E-state index contributed by atoms with van der Waals surface area (Å²) in [5.41, 5.74) is 4.99. The van der Waals surface area contributed by atoms with Crippen molar-refractivity contribution in [2.75, 3.05) is 7.11 Å². The second kappa shape index (κ2) is 7.29. The van der Waals surface area contributed by atoms with Crippen molar-refractivity contribution < 1.29 is 19.2 Å². The predicted octanol–water partition coefficient (Wildman–Crippen LogP) is 4.27. The van der Waals surface area contributed by atoms with Crippen LogP contribution in [0.3, 0.4) is 0 Å². The number of ether oxygens (including phenoxy) is 1. The number of carboxylic acids is 1. The number of aliphatic carboxylic acids is 1. The molecule has 1 atom stereocenters. The highest BCUT2D eigenvalue weighted by molar-refractivity contribution is 5.89. The molecule has 0 bridgehead atoms. The van der Waals surface area contributed by atoms with Crippen LogP contribution in [0, 0.1) is 11.3 Å². The minimum atomic E-state index is -0.783. The molecule has 154 valence electrons. The highest BCUT2D eigenvalue weighted by atomic mass is 16.5. The van der Waals surface area contributed by atoms with E-state index < -0.39 is 5.97 Å². The van der Waals surface area contributed by atoms with E-state index in [2.05, 4.69) is 21.2 Å². The number of carboxylic acid groups (broad SMARTS) is 1. The first kappa shape index (κ1) is 18.9. The van der Waals surface area contributed by atoms with Crippen LogP contribution in [0.5, 0.6) is 5.75 Å². The number of methoxy groups -OCH3 is 1. The van der Waals surface area contributed by atoms with Crippen molar-refractivity contribution in [3.63, 3.8) is 0 Å². The fourth-order valence-electron chi connectivity index (χ4n) is 4.29. The maximum absolute atomic E-state index is 11.1. The van der Waals surface area contributed by atoms with Gasteiger partial charge in [0.25, 0.3) is 5.89 Å². The van der Waals surface area contributed by atoms with Crippen LogP contribution in [0.15, 0.2) is 40.9 Å². The van der Waals surface area contributed by atoms with Gasteiger partial charge in [-0.2, -0.15) is 10.2 Å². The lowest BCUT2D eigenvalue weighted by molar-refractivity contribution is -0.137. The number of aryl methyl sites for hydroxylation is 1. The quantitative estimate of drug-likeness (QED) is 0.499. The summed E-state index contributed by atoms with van der Waals surface area (Å²) in [6, 6.07) is 13.1. The Labute approximate surface area is 177 Å². The Balaban J connectivity index is 1.49. The number of H-pyrrole nitrogens is 1. The van der Waals surface area contributed by atoms with Gasteiger partial charge >= 0.3 is 5.97 Å². The number of aromatic nitrogens is 3. The van der Waals surface area contributed by atoms with Gasteiger partial charge in [0, 0.05) is 33.6 Å². The smallest absolute Gasteiger partial charge is 0.304 e. The summed E-state index contributed by atoms with van der Waals surface area (Å²) in [5, 5.41) is 23.6. The fraction of sp³-hybridized carbons (Fsp3) is 0.217. The number of aromatic amines is 1. The van der Waals surface area contributed by atoms with Crippen LogP contribution in [0.25, 0.3) is 33.7 Å². The number of fused-ring (bicyclic) bond motifs is 3. The molecular weight excluding hydrogens is 396 g/mol. The van der Waals surface area contributed by atoms with Crippen molar-refractivity contribution in [3.8, 4) is 34.7 Å². The largest absolute Gasteiger partial charge is 0.495 e. The lowest BCUT2D eigenvalue weighted by atomic mass is 10.0. The van der Waals surface area contributed by atoms with E-state index in [4.69, 9.17) is 14.4 Å². The van der Waals surface area contributed by atoms with E-state index in [1.807, 2.05) is 18.2 Å². The summed E-state index contributed by atoms with van der Waals surface area (Å²) in [6.45, 7) is 0. The summed E-state index contributed by atoms with van der Waals surface area (Å²) in [5.74, 6) is 0.481. The molecule has 0 aliphatic heterocycles. The number of rotatable bonds is 5. The number of hydrogen-bond donors (Lipinski definition) is 2. The molecule has 2 aromatic heterocycles. The molecular formula is C23H18N4O4. The van der Waals surface area contributed by atoms with Crippen molar-refractivity contribution in [3.05, 3.63) is 53.2 Å². The Kier molecular flexibility index (Phi) is 4.44. The van der Waals surface area contributed by atoms with E-state index in [0.29, 0.717) is 28.6 Å². The van der Waals surface area contributed by atoms with Gasteiger partial charge in [-0.05, 0) is 54.8 Å². The second-order valence-electron chi connectivity index (χ2n) is 7.56. The molecule has 1 aliphatic carbocycles. The summed E-state index contributed by atoms with van der Waals surface area (Å²) < 4.78 is 10.6. The molecule has 1 unspecified atom stereocenters. The average molecular weight is 414 g/mol. The van der Waals surface area contributed by atoms with Crippen molar-refractivity contribution in [2.45, 2.75) is 25.2 Å². The molecule has 5 rings (SSSR count). The van der Waals surface area contributed by atoms with Crippen LogP contribution in [-0.4, -0.2) is 33.3 Å². The van der Waals surface area contributed by atoms with Gasteiger partial charge in [0.2, 0.25) is 5.82 Å². The molecule has 0 spiro atoms. The van der Waals surface area contributed by atoms with Crippen LogP contribution in [0.2, 0.25) is 0 Å². The van der Waals surface area contributed by atoms with E-state index in [1.54, 1.807) is 18.2 Å². The minimum Gasteiger partial charge on any atom is -0.495 e. The highest BCUT2D eigenvalue weighted by Crippen LogP contribution is 2.40. The van der Waals surface area contributed by atoms with Crippen molar-refractivity contribution in [2.24, 2.45) is 0 Å². The topological polar surface area (TPSA) is 125 Å². The van der Waals surface area contributed by atoms with Crippen molar-refractivity contribution in [1.29, 1.82) is 5.26 Å². The number of nitrogens with one attached hydrogen (secondary N) is 1. The lowest BCUT2D eigenvalue weighted by Gasteiger charge is -2.05. The number of benzene rings is 2. The normalized spacial score (nSPS) is 15.0. The van der Waals surface area contributed by atoms with Gasteiger partial charge in [-0.25, -0.2) is 0 Å². The first-order valence-corrected chi connectivity index (χ1v) is 9.86. The molecule has 0 amide bonds. The van der Waals surface area contributed by atoms with Gasteiger partial charge in [0.15, 0.2) is 0 Å². The average Bonchev–Trinajstić information content (AvgIpc) is 3.49. The zero-order chi connectivity index (χ0) is 21.5. The van der Waals surface area contributed by atoms with Crippen molar-refractivity contribution in [1.82, 2.24) is 15.1 Å². The minimum absolute atomic E-state index is 0.0181. The molecule has 2 heterocycles. The number of nitrogens with zero attached hydrogens (tertiary/aromatic N) is 3. The van der Waals surface area contributed by atoms with E-state index in [0.717, 1.165) is 35.0 Å². The van der Waals surface area contributed by atoms with Gasteiger partial charge in [0.05, 0.1) is 19.1 Å². The molecule has 2 aromatic carbocycles. The van der Waals surface area contributed by atoms with E-state index in [1.165, 1.54) is 12.7 Å². The van der Waals surface area contributed by atoms with E-state index in [-0.39, 0.29) is 12.3 Å². The standard InChI is InChI=1S/C23H18N4O4/c1-30-19-7-4-14(8-15(19)11-24)23-26-22(27-31-23)13-3-6-18-17(9-13)16-5-2-12(10-20(28)29)21(16)25-18/h3-4,6-9,12,25H,2,5,10H2,1H3,(H,28,29). The summed E-state index contributed by atoms with van der Waals surface area (Å²) in [7, 11) is 1.51. The summed E-state index contributed by atoms with van der Waals surface area (Å²) in [6.07, 6.45) is 1.81. The van der Waals surface area contributed by atoms with Crippen LogP contribution in [0.4, 0.5) is 0 Å². The second-order valence-corrected chi connectivity index (χ2v) is 7.56. The fourth-order valence-corrected chi connectivity index (χ4v) is 4.29. The summed E-state index contributed by atoms with van der Waals surface area (Å²) in [4.78, 5) is 19.0. The Hall–Kier alpha value is -4.12. The van der Waals surface area contributed by atoms with Gasteiger partial charge in [-0.15, -0.1) is 0 Å². The lowest BCUT2D eigenvalue weighted by Crippen LogP contribution is -2.03. The van der Waals surface area contributed by atoms with Gasteiger partial charge in [-0.3, -0.25) is 4.79 Å². The molecule has 4 aromatic rings. The zero-order valence-corrected chi connectivity index (χ0v) is 16.7. The van der Waals surface area contributed by atoms with Crippen LogP contribution in [0.1, 0.15) is 35.6 Å². The number of carbonyl (C=O) groups is 1. The van der Waals surface area contributed by atoms with Gasteiger partial charge < -0.3 is 19.4 Å². The summed E-state index contributed by atoms with van der Waals surface area (Å²) >= 11 is 0. The third-order valence-electron chi connectivity index (χ3n) is 5.76. The number of hydrogen-bond acceptors (Lipinski definition) is 6. The van der Waals surface area contributed by atoms with Crippen LogP contribution >= 0.6 is 0 Å². The Bertz CT molecular complexity index is 1360. The third kappa shape index (κ3) is 3.20. The molecule has 0 fully saturated rings. The molecule has 31 heavy (non-hydrogen) atoms. The molecule has 1 aliphatic rings. The SMILES string of the molecule is COc1ccc(-c2nc(-c3ccc4[nH]c5c(c4c3)CCC5CC(=O)O)no2)cc1C#N. The van der Waals surface area contributed by atoms with Gasteiger partial charge in [0.1, 0.15) is 11.8 Å². The van der Waals surface area contributed by atoms with Crippen molar-refractivity contribution >= 4 is 16.9 Å². The molecule has 8 heteroatoms. The first-order chi connectivity index (χ1) is 15.1. The Morgan fingerprint density at radius 1 is 1.32 bits per heavy atom. The maximum Gasteiger partial charge on any atom is 0.304 e. The van der Waals surface area contributed by atoms with Crippen LogP contribution in [-0.2, 0) is 11.2 Å². The Morgan fingerprint density at radius 2 is 2.16 bits per heavy atom. The Morgan fingerprint density at radius 3 is 2.94 bits per heavy atom. The maximum atomic E-state index is 11.1. The highest BCUT2D eigenvalue weighted by Gasteiger charge is 2.28. The number of nitriles is 1.